The average molecular weight is 430 g/mol. The van der Waals surface area contributed by atoms with Gasteiger partial charge in [0.05, 0.1) is 6.61 Å². The Morgan fingerprint density at radius 2 is 1.73 bits per heavy atom. The molecule has 0 radical (unpaired) electrons. The van der Waals surface area contributed by atoms with Gasteiger partial charge in [0.15, 0.2) is 0 Å². The summed E-state index contributed by atoms with van der Waals surface area (Å²) in [7, 11) is 0. The Labute approximate surface area is 182 Å². The van der Waals surface area contributed by atoms with E-state index < -0.39 is 0 Å². The molecule has 1 heterocycles. The average Bonchev–Trinajstić information content (AvgIpc) is 2.75. The van der Waals surface area contributed by atoms with Gasteiger partial charge in [-0.25, -0.2) is 9.59 Å². The third-order valence-corrected chi connectivity index (χ3v) is 5.23. The zero-order valence-electron chi connectivity index (χ0n) is 17.4. The molecule has 2 aromatic rings. The maximum absolute atomic E-state index is 13.2. The van der Waals surface area contributed by atoms with Crippen molar-refractivity contribution in [2.45, 2.75) is 32.7 Å². The number of ether oxygens (including phenoxy) is 1. The fourth-order valence-corrected chi connectivity index (χ4v) is 3.56. The second-order valence-corrected chi connectivity index (χ2v) is 8.27. The van der Waals surface area contributed by atoms with Crippen molar-refractivity contribution in [1.29, 1.82) is 0 Å². The molecule has 7 heteroatoms. The van der Waals surface area contributed by atoms with E-state index in [-0.39, 0.29) is 18.2 Å². The number of halogens is 1. The van der Waals surface area contributed by atoms with Crippen LogP contribution in [0.5, 0.6) is 0 Å². The number of hydrogen-bond donors (Lipinski definition) is 1. The lowest BCUT2D eigenvalue weighted by Crippen LogP contribution is -2.50. The highest BCUT2D eigenvalue weighted by atomic mass is 35.5. The van der Waals surface area contributed by atoms with Crippen molar-refractivity contribution < 1.29 is 14.3 Å². The van der Waals surface area contributed by atoms with Crippen LogP contribution in [0.3, 0.4) is 0 Å². The number of carbonyl (C=O) groups is 2. The molecule has 160 valence electrons. The van der Waals surface area contributed by atoms with Crippen LogP contribution in [0.2, 0.25) is 5.02 Å². The van der Waals surface area contributed by atoms with Crippen molar-refractivity contribution in [3.8, 4) is 0 Å². The van der Waals surface area contributed by atoms with Gasteiger partial charge in [0, 0.05) is 35.5 Å². The predicted molar refractivity (Wildman–Crippen MR) is 120 cm³/mol. The van der Waals surface area contributed by atoms with Crippen molar-refractivity contribution >= 4 is 35.1 Å². The van der Waals surface area contributed by atoms with Crippen molar-refractivity contribution in [3.63, 3.8) is 0 Å². The van der Waals surface area contributed by atoms with Crippen LogP contribution in [0.25, 0.3) is 0 Å². The number of urea groups is 1. The van der Waals surface area contributed by atoms with E-state index in [1.54, 1.807) is 34.1 Å². The van der Waals surface area contributed by atoms with Gasteiger partial charge in [-0.1, -0.05) is 43.6 Å². The minimum absolute atomic E-state index is 0.0196. The lowest BCUT2D eigenvalue weighted by Gasteiger charge is -2.38. The molecule has 2 aromatic carbocycles. The van der Waals surface area contributed by atoms with Crippen LogP contribution < -0.4 is 10.2 Å². The molecule has 0 bridgehead atoms. The van der Waals surface area contributed by atoms with Gasteiger partial charge in [-0.3, -0.25) is 4.90 Å². The van der Waals surface area contributed by atoms with E-state index >= 15 is 0 Å². The lowest BCUT2D eigenvalue weighted by molar-refractivity contribution is 0.0836. The van der Waals surface area contributed by atoms with Crippen LogP contribution in [0.4, 0.5) is 21.0 Å². The maximum Gasteiger partial charge on any atom is 0.409 e. The molecule has 1 aliphatic rings. The summed E-state index contributed by atoms with van der Waals surface area (Å²) in [5.74, 6) is 0.302. The Kier molecular flexibility index (Phi) is 7.57. The van der Waals surface area contributed by atoms with Crippen LogP contribution in [-0.4, -0.2) is 42.8 Å². The molecule has 0 unspecified atom stereocenters. The fraction of sp³-hybridized carbons (Fsp3) is 0.391. The number of piperidine rings is 1. The SMILES string of the molecule is CC(C)COC(=O)N1CCC(N(C(=O)Nc2ccc(Cl)cc2)c2ccccc2)CC1. The normalized spacial score (nSPS) is 14.5. The van der Waals surface area contributed by atoms with Gasteiger partial charge < -0.3 is 15.0 Å². The standard InChI is InChI=1S/C23H28ClN3O3/c1-17(2)16-30-23(29)26-14-12-21(13-15-26)27(20-6-4-3-5-7-20)22(28)25-19-10-8-18(24)9-11-19/h3-11,17,21H,12-16H2,1-2H3,(H,25,28). The van der Waals surface area contributed by atoms with Gasteiger partial charge >= 0.3 is 12.1 Å². The number of rotatable bonds is 5. The molecule has 0 saturated carbocycles. The van der Waals surface area contributed by atoms with E-state index in [0.717, 1.165) is 5.69 Å². The van der Waals surface area contributed by atoms with E-state index in [1.807, 2.05) is 44.2 Å². The van der Waals surface area contributed by atoms with Crippen LogP contribution in [0, 0.1) is 5.92 Å². The van der Waals surface area contributed by atoms with Crippen LogP contribution in [0.1, 0.15) is 26.7 Å². The largest absolute Gasteiger partial charge is 0.449 e. The Balaban J connectivity index is 1.69. The number of amides is 3. The van der Waals surface area contributed by atoms with Crippen LogP contribution in [0.15, 0.2) is 54.6 Å². The van der Waals surface area contributed by atoms with E-state index in [9.17, 15) is 9.59 Å². The summed E-state index contributed by atoms with van der Waals surface area (Å²) < 4.78 is 5.34. The van der Waals surface area contributed by atoms with Crippen LogP contribution >= 0.6 is 11.6 Å². The quantitative estimate of drug-likeness (QED) is 0.669. The third-order valence-electron chi connectivity index (χ3n) is 4.98. The first-order valence-corrected chi connectivity index (χ1v) is 10.6. The smallest absolute Gasteiger partial charge is 0.409 e. The van der Waals surface area contributed by atoms with Gasteiger partial charge in [0.1, 0.15) is 0 Å². The van der Waals surface area contributed by atoms with E-state index in [0.29, 0.717) is 49.2 Å². The summed E-state index contributed by atoms with van der Waals surface area (Å²) in [6.07, 6.45) is 1.08. The Bertz CT molecular complexity index is 835. The Morgan fingerprint density at radius 1 is 1.10 bits per heavy atom. The number of nitrogens with zero attached hydrogens (tertiary/aromatic N) is 2. The van der Waals surface area contributed by atoms with Crippen molar-refractivity contribution in [3.05, 3.63) is 59.6 Å². The van der Waals surface area contributed by atoms with E-state index in [2.05, 4.69) is 5.32 Å². The van der Waals surface area contributed by atoms with E-state index in [1.165, 1.54) is 0 Å². The minimum Gasteiger partial charge on any atom is -0.449 e. The zero-order chi connectivity index (χ0) is 21.5. The summed E-state index contributed by atoms with van der Waals surface area (Å²) in [5, 5.41) is 3.57. The monoisotopic (exact) mass is 429 g/mol. The van der Waals surface area contributed by atoms with Crippen LogP contribution in [-0.2, 0) is 4.74 Å². The Hall–Kier alpha value is -2.73. The summed E-state index contributed by atoms with van der Waals surface area (Å²) >= 11 is 5.94. The predicted octanol–water partition coefficient (Wildman–Crippen LogP) is 5.64. The van der Waals surface area contributed by atoms with Crippen molar-refractivity contribution in [2.24, 2.45) is 5.92 Å². The molecule has 0 atom stereocenters. The number of nitrogens with one attached hydrogen (secondary N) is 1. The highest BCUT2D eigenvalue weighted by Gasteiger charge is 2.31. The third kappa shape index (κ3) is 5.89. The topological polar surface area (TPSA) is 61.9 Å². The highest BCUT2D eigenvalue weighted by molar-refractivity contribution is 6.30. The summed E-state index contributed by atoms with van der Waals surface area (Å²) in [4.78, 5) is 28.9. The fourth-order valence-electron chi connectivity index (χ4n) is 3.44. The number of benzene rings is 2. The number of anilines is 2. The molecule has 1 N–H and O–H groups in total. The first-order valence-electron chi connectivity index (χ1n) is 10.3. The molecule has 1 fully saturated rings. The second kappa shape index (κ2) is 10.3. The second-order valence-electron chi connectivity index (χ2n) is 7.83. The molecule has 30 heavy (non-hydrogen) atoms. The zero-order valence-corrected chi connectivity index (χ0v) is 18.1. The summed E-state index contributed by atoms with van der Waals surface area (Å²) in [6.45, 7) is 5.55. The van der Waals surface area contributed by atoms with Gasteiger partial charge in [-0.15, -0.1) is 0 Å². The highest BCUT2D eigenvalue weighted by Crippen LogP contribution is 2.25. The van der Waals surface area contributed by atoms with Gasteiger partial charge in [-0.2, -0.15) is 0 Å². The maximum atomic E-state index is 13.2. The molecule has 3 rings (SSSR count). The minimum atomic E-state index is -0.279. The van der Waals surface area contributed by atoms with Gasteiger partial charge in [-0.05, 0) is 55.2 Å². The van der Waals surface area contributed by atoms with Crippen molar-refractivity contribution in [1.82, 2.24) is 4.90 Å². The molecule has 0 spiro atoms. The molecule has 1 saturated heterocycles. The number of para-hydroxylation sites is 1. The molecule has 3 amide bonds. The molecular formula is C23H28ClN3O3. The molecule has 6 nitrogen and oxygen atoms in total. The summed E-state index contributed by atoms with van der Waals surface area (Å²) in [5.41, 5.74) is 1.50. The molecular weight excluding hydrogens is 402 g/mol. The van der Waals surface area contributed by atoms with E-state index in [4.69, 9.17) is 16.3 Å². The van der Waals surface area contributed by atoms with Gasteiger partial charge in [0.25, 0.3) is 0 Å². The molecule has 1 aliphatic heterocycles. The number of hydrogen-bond acceptors (Lipinski definition) is 3. The molecule has 0 aromatic heterocycles. The molecule has 0 aliphatic carbocycles. The Morgan fingerprint density at radius 3 is 2.33 bits per heavy atom. The van der Waals surface area contributed by atoms with Crippen molar-refractivity contribution in [2.75, 3.05) is 29.9 Å². The van der Waals surface area contributed by atoms with Gasteiger partial charge in [0.2, 0.25) is 0 Å². The lowest BCUT2D eigenvalue weighted by atomic mass is 10.0. The first kappa shape index (κ1) is 22.0. The first-order chi connectivity index (χ1) is 14.4. The number of likely N-dealkylation sites (tertiary alicyclic amines) is 1. The summed E-state index contributed by atoms with van der Waals surface area (Å²) in [6, 6.07) is 16.4. The number of carbonyl (C=O) groups excluding carboxylic acids is 2.